The number of fused-ring (bicyclic) bond motifs is 1. The minimum atomic E-state index is -0.959. The lowest BCUT2D eigenvalue weighted by Crippen LogP contribution is -2.47. The highest BCUT2D eigenvalue weighted by molar-refractivity contribution is 6.31. The van der Waals surface area contributed by atoms with Gasteiger partial charge >= 0.3 is 6.09 Å². The van der Waals surface area contributed by atoms with Gasteiger partial charge in [0.05, 0.1) is 0 Å². The normalized spacial score (nSPS) is 15.4. The Kier molecular flexibility index (Phi) is 6.56. The molecule has 172 valence electrons. The number of benzene rings is 3. The van der Waals surface area contributed by atoms with Crippen LogP contribution < -0.4 is 0 Å². The fraction of sp³-hybridized carbons (Fsp3) is 0.308. The van der Waals surface area contributed by atoms with Gasteiger partial charge in [0.2, 0.25) is 5.91 Å². The first-order chi connectivity index (χ1) is 15.8. The largest absolute Gasteiger partial charge is 0.465 e. The van der Waals surface area contributed by atoms with Gasteiger partial charge in [0, 0.05) is 43.5 Å². The van der Waals surface area contributed by atoms with Crippen molar-refractivity contribution < 1.29 is 19.1 Å². The molecule has 0 spiro atoms. The standard InChI is InChI=1S/C26H26ClFN2O3/c1-29(17-19-15-21(27)14-18-4-2-3-5-23(18)19)24(31)16-26(20-6-8-22(28)9-7-20)10-12-30(13-11-26)25(32)33/h2-9,14-15H,10-13,16-17H2,1H3,(H,32,33). The van der Waals surface area contributed by atoms with Crippen molar-refractivity contribution in [2.45, 2.75) is 31.2 Å². The van der Waals surface area contributed by atoms with Crippen molar-refractivity contribution >= 4 is 34.4 Å². The molecule has 5 nitrogen and oxygen atoms in total. The van der Waals surface area contributed by atoms with E-state index in [1.807, 2.05) is 36.4 Å². The van der Waals surface area contributed by atoms with E-state index in [2.05, 4.69) is 0 Å². The highest BCUT2D eigenvalue weighted by Crippen LogP contribution is 2.39. The minimum Gasteiger partial charge on any atom is -0.465 e. The average Bonchev–Trinajstić information content (AvgIpc) is 2.79. The van der Waals surface area contributed by atoms with Crippen molar-refractivity contribution in [2.75, 3.05) is 20.1 Å². The zero-order valence-electron chi connectivity index (χ0n) is 18.4. The number of halogens is 2. The predicted molar refractivity (Wildman–Crippen MR) is 127 cm³/mol. The van der Waals surface area contributed by atoms with E-state index in [0.717, 1.165) is 21.9 Å². The molecule has 2 amide bonds. The Morgan fingerprint density at radius 2 is 1.76 bits per heavy atom. The van der Waals surface area contributed by atoms with Crippen molar-refractivity contribution in [2.24, 2.45) is 0 Å². The second-order valence-corrected chi connectivity index (χ2v) is 9.21. The maximum atomic E-state index is 13.6. The van der Waals surface area contributed by atoms with Gasteiger partial charge in [-0.3, -0.25) is 4.79 Å². The first-order valence-electron chi connectivity index (χ1n) is 10.9. The third-order valence-electron chi connectivity index (χ3n) is 6.68. The summed E-state index contributed by atoms with van der Waals surface area (Å²) in [4.78, 5) is 27.8. The second kappa shape index (κ2) is 9.40. The Hall–Kier alpha value is -3.12. The SMILES string of the molecule is CN(Cc1cc(Cl)cc2ccccc12)C(=O)CC1(c2ccc(F)cc2)CCN(C(=O)O)CC1. The van der Waals surface area contributed by atoms with E-state index in [4.69, 9.17) is 11.6 Å². The molecule has 1 aliphatic heterocycles. The van der Waals surface area contributed by atoms with Crippen LogP contribution in [0.3, 0.4) is 0 Å². The lowest BCUT2D eigenvalue weighted by molar-refractivity contribution is -0.132. The number of nitrogens with zero attached hydrogens (tertiary/aromatic N) is 2. The number of piperidine rings is 1. The molecule has 3 aromatic carbocycles. The summed E-state index contributed by atoms with van der Waals surface area (Å²) in [6.07, 6.45) is 0.273. The van der Waals surface area contributed by atoms with Crippen LogP contribution >= 0.6 is 11.6 Å². The van der Waals surface area contributed by atoms with Crippen LogP contribution in [0.5, 0.6) is 0 Å². The smallest absolute Gasteiger partial charge is 0.407 e. The van der Waals surface area contributed by atoms with Crippen molar-refractivity contribution in [1.29, 1.82) is 0 Å². The van der Waals surface area contributed by atoms with Crippen LogP contribution in [0.15, 0.2) is 60.7 Å². The predicted octanol–water partition coefficient (Wildman–Crippen LogP) is 5.69. The third kappa shape index (κ3) is 4.96. The Morgan fingerprint density at radius 3 is 2.42 bits per heavy atom. The van der Waals surface area contributed by atoms with Gasteiger partial charge in [-0.25, -0.2) is 9.18 Å². The Bertz CT molecular complexity index is 1170. The van der Waals surface area contributed by atoms with Crippen molar-refractivity contribution in [3.8, 4) is 0 Å². The van der Waals surface area contributed by atoms with Crippen molar-refractivity contribution in [1.82, 2.24) is 9.80 Å². The van der Waals surface area contributed by atoms with Crippen LogP contribution in [-0.2, 0) is 16.8 Å². The van der Waals surface area contributed by atoms with Gasteiger partial charge in [0.1, 0.15) is 5.82 Å². The molecular formula is C26H26ClFN2O3. The number of carbonyl (C=O) groups is 2. The van der Waals surface area contributed by atoms with Gasteiger partial charge in [-0.05, 0) is 59.0 Å². The van der Waals surface area contributed by atoms with E-state index in [1.165, 1.54) is 17.0 Å². The molecule has 33 heavy (non-hydrogen) atoms. The monoisotopic (exact) mass is 468 g/mol. The molecule has 4 rings (SSSR count). The molecule has 1 saturated heterocycles. The lowest BCUT2D eigenvalue weighted by Gasteiger charge is -2.41. The summed E-state index contributed by atoms with van der Waals surface area (Å²) in [7, 11) is 1.77. The van der Waals surface area contributed by atoms with Gasteiger partial charge in [-0.15, -0.1) is 0 Å². The molecule has 0 saturated carbocycles. The Labute approximate surface area is 197 Å². The number of carbonyl (C=O) groups excluding carboxylic acids is 1. The van der Waals surface area contributed by atoms with Gasteiger partial charge in [-0.2, -0.15) is 0 Å². The van der Waals surface area contributed by atoms with Gasteiger partial charge < -0.3 is 14.9 Å². The fourth-order valence-electron chi connectivity index (χ4n) is 4.75. The zero-order chi connectivity index (χ0) is 23.6. The van der Waals surface area contributed by atoms with E-state index in [1.54, 1.807) is 24.1 Å². The highest BCUT2D eigenvalue weighted by atomic mass is 35.5. The first kappa shape index (κ1) is 23.1. The van der Waals surface area contributed by atoms with E-state index < -0.39 is 11.5 Å². The molecule has 1 aliphatic rings. The lowest BCUT2D eigenvalue weighted by atomic mass is 9.70. The second-order valence-electron chi connectivity index (χ2n) is 8.77. The summed E-state index contributed by atoms with van der Waals surface area (Å²) < 4.78 is 13.6. The molecule has 1 N–H and O–H groups in total. The Balaban J connectivity index is 1.57. The van der Waals surface area contributed by atoms with E-state index in [0.29, 0.717) is 37.5 Å². The van der Waals surface area contributed by atoms with Crippen LogP contribution in [0.4, 0.5) is 9.18 Å². The van der Waals surface area contributed by atoms with Crippen LogP contribution in [0.25, 0.3) is 10.8 Å². The summed E-state index contributed by atoms with van der Waals surface area (Å²) in [5.41, 5.74) is 1.29. The van der Waals surface area contributed by atoms with Crippen LogP contribution in [-0.4, -0.2) is 47.0 Å². The summed E-state index contributed by atoms with van der Waals surface area (Å²) in [5.74, 6) is -0.389. The molecule has 1 heterocycles. The number of hydrogen-bond donors (Lipinski definition) is 1. The molecular weight excluding hydrogens is 443 g/mol. The number of rotatable bonds is 5. The molecule has 0 atom stereocenters. The summed E-state index contributed by atoms with van der Waals surface area (Å²) in [6, 6.07) is 17.9. The third-order valence-corrected chi connectivity index (χ3v) is 6.90. The topological polar surface area (TPSA) is 60.9 Å². The van der Waals surface area contributed by atoms with Crippen molar-refractivity contribution in [3.05, 3.63) is 82.6 Å². The maximum Gasteiger partial charge on any atom is 0.407 e. The molecule has 0 radical (unpaired) electrons. The average molecular weight is 469 g/mol. The molecule has 0 aromatic heterocycles. The Morgan fingerprint density at radius 1 is 1.09 bits per heavy atom. The summed E-state index contributed by atoms with van der Waals surface area (Å²) in [5, 5.41) is 12.0. The van der Waals surface area contributed by atoms with E-state index in [9.17, 15) is 19.1 Å². The molecule has 3 aromatic rings. The summed E-state index contributed by atoms with van der Waals surface area (Å²) >= 11 is 6.31. The minimum absolute atomic E-state index is 0.0489. The van der Waals surface area contributed by atoms with Crippen molar-refractivity contribution in [3.63, 3.8) is 0 Å². The highest BCUT2D eigenvalue weighted by Gasteiger charge is 2.40. The first-order valence-corrected chi connectivity index (χ1v) is 11.3. The number of amides is 2. The molecule has 1 fully saturated rings. The number of hydrogen-bond acceptors (Lipinski definition) is 2. The van der Waals surface area contributed by atoms with Crippen LogP contribution in [0, 0.1) is 5.82 Å². The fourth-order valence-corrected chi connectivity index (χ4v) is 4.99. The van der Waals surface area contributed by atoms with Gasteiger partial charge in [0.15, 0.2) is 0 Å². The molecule has 0 unspecified atom stereocenters. The van der Waals surface area contributed by atoms with Crippen LogP contribution in [0.2, 0.25) is 5.02 Å². The molecule has 0 aliphatic carbocycles. The summed E-state index contributed by atoms with van der Waals surface area (Å²) in [6.45, 7) is 1.08. The molecule has 7 heteroatoms. The van der Waals surface area contributed by atoms with E-state index in [-0.39, 0.29) is 18.1 Å². The number of carboxylic acid groups (broad SMARTS) is 1. The molecule has 0 bridgehead atoms. The van der Waals surface area contributed by atoms with Gasteiger partial charge in [-0.1, -0.05) is 48.0 Å². The quantitative estimate of drug-likeness (QED) is 0.523. The van der Waals surface area contributed by atoms with E-state index >= 15 is 0 Å². The zero-order valence-corrected chi connectivity index (χ0v) is 19.2. The number of likely N-dealkylation sites (tertiary alicyclic amines) is 1. The maximum absolute atomic E-state index is 13.6. The van der Waals surface area contributed by atoms with Crippen LogP contribution in [0.1, 0.15) is 30.4 Å². The van der Waals surface area contributed by atoms with Gasteiger partial charge in [0.25, 0.3) is 0 Å².